The van der Waals surface area contributed by atoms with Gasteiger partial charge >= 0.3 is 5.97 Å². The minimum atomic E-state index is -1.04. The van der Waals surface area contributed by atoms with Gasteiger partial charge in [0.2, 0.25) is 0 Å². The Labute approximate surface area is 99.2 Å². The maximum Gasteiger partial charge on any atom is 0.358 e. The topological polar surface area (TPSA) is 75.4 Å². The predicted octanol–water partition coefficient (Wildman–Crippen LogP) is 1.65. The van der Waals surface area contributed by atoms with E-state index in [-0.39, 0.29) is 5.69 Å². The number of aromatic carboxylic acids is 1. The second kappa shape index (κ2) is 3.84. The van der Waals surface area contributed by atoms with Gasteiger partial charge in [0, 0.05) is 12.6 Å². The molecule has 2 aliphatic carbocycles. The summed E-state index contributed by atoms with van der Waals surface area (Å²) >= 11 is 0. The lowest BCUT2D eigenvalue weighted by molar-refractivity contribution is 0.0685. The van der Waals surface area contributed by atoms with Crippen molar-refractivity contribution in [3.63, 3.8) is 0 Å². The van der Waals surface area contributed by atoms with Gasteiger partial charge in [-0.2, -0.15) is 0 Å². The highest BCUT2D eigenvalue weighted by Gasteiger charge is 2.53. The van der Waals surface area contributed by atoms with Crippen LogP contribution in [0.4, 0.5) is 0 Å². The van der Waals surface area contributed by atoms with Crippen LogP contribution in [0.3, 0.4) is 0 Å². The van der Waals surface area contributed by atoms with Crippen LogP contribution in [-0.2, 0) is 6.54 Å². The van der Waals surface area contributed by atoms with E-state index < -0.39 is 5.97 Å². The van der Waals surface area contributed by atoms with Crippen LogP contribution in [-0.4, -0.2) is 22.8 Å². The van der Waals surface area contributed by atoms with Crippen molar-refractivity contribution in [2.45, 2.75) is 32.2 Å². The van der Waals surface area contributed by atoms with Gasteiger partial charge in [-0.3, -0.25) is 0 Å². The van der Waals surface area contributed by atoms with E-state index in [0.29, 0.717) is 17.7 Å². The third-order valence-electron chi connectivity index (χ3n) is 3.89. The first-order chi connectivity index (χ1) is 8.20. The van der Waals surface area contributed by atoms with Crippen LogP contribution in [0.2, 0.25) is 0 Å². The van der Waals surface area contributed by atoms with E-state index in [1.165, 1.54) is 31.7 Å². The molecule has 2 saturated carbocycles. The highest BCUT2D eigenvalue weighted by atomic mass is 16.5. The lowest BCUT2D eigenvalue weighted by atomic mass is 10.0. The van der Waals surface area contributed by atoms with Gasteiger partial charge in [0.1, 0.15) is 0 Å². The number of hydrogen-bond acceptors (Lipinski definition) is 4. The molecule has 0 aromatic carbocycles. The molecule has 0 radical (unpaired) electrons. The molecule has 5 nitrogen and oxygen atoms in total. The third kappa shape index (κ3) is 2.20. The van der Waals surface area contributed by atoms with Crippen molar-refractivity contribution in [3.05, 3.63) is 17.5 Å². The lowest BCUT2D eigenvalue weighted by Gasteiger charge is -2.13. The molecule has 0 amide bonds. The fourth-order valence-corrected chi connectivity index (χ4v) is 2.52. The van der Waals surface area contributed by atoms with E-state index in [2.05, 4.69) is 10.5 Å². The van der Waals surface area contributed by atoms with E-state index >= 15 is 0 Å². The van der Waals surface area contributed by atoms with Gasteiger partial charge < -0.3 is 14.9 Å². The molecule has 2 aliphatic rings. The second-order valence-electron chi connectivity index (χ2n) is 5.22. The summed E-state index contributed by atoms with van der Waals surface area (Å²) in [6, 6.07) is 1.48. The molecule has 2 fully saturated rings. The number of nitrogens with zero attached hydrogens (tertiary/aromatic N) is 1. The first-order valence-corrected chi connectivity index (χ1v) is 6.09. The normalized spacial score (nSPS) is 21.4. The Bertz CT molecular complexity index is 433. The Morgan fingerprint density at radius 1 is 1.59 bits per heavy atom. The third-order valence-corrected chi connectivity index (χ3v) is 3.89. The summed E-state index contributed by atoms with van der Waals surface area (Å²) in [5.41, 5.74) is 0.528. The second-order valence-corrected chi connectivity index (χ2v) is 5.22. The van der Waals surface area contributed by atoms with E-state index in [9.17, 15) is 4.79 Å². The standard InChI is InChI=1S/C12H16N2O3/c15-11(16)10-5-9(17-14-10)6-13-7-12(3-4-12)8-1-2-8/h5,8,13H,1-4,6-7H2,(H,15,16). The SMILES string of the molecule is O=C(O)c1cc(CNCC2(C3CC3)CC2)on1. The van der Waals surface area contributed by atoms with E-state index in [1.54, 1.807) is 0 Å². The monoisotopic (exact) mass is 236 g/mol. The number of carboxylic acid groups (broad SMARTS) is 1. The Hall–Kier alpha value is -1.36. The molecule has 92 valence electrons. The molecule has 17 heavy (non-hydrogen) atoms. The minimum absolute atomic E-state index is 0.0230. The van der Waals surface area contributed by atoms with Gasteiger partial charge in [-0.05, 0) is 37.0 Å². The maximum absolute atomic E-state index is 10.6. The molecular weight excluding hydrogens is 220 g/mol. The predicted molar refractivity (Wildman–Crippen MR) is 59.6 cm³/mol. The molecule has 0 saturated heterocycles. The minimum Gasteiger partial charge on any atom is -0.476 e. The van der Waals surface area contributed by atoms with E-state index in [1.807, 2.05) is 0 Å². The van der Waals surface area contributed by atoms with Crippen LogP contribution in [0.25, 0.3) is 0 Å². The molecule has 0 atom stereocenters. The number of carboxylic acids is 1. The number of nitrogens with one attached hydrogen (secondary N) is 1. The summed E-state index contributed by atoms with van der Waals surface area (Å²) in [6.07, 6.45) is 5.43. The van der Waals surface area contributed by atoms with E-state index in [0.717, 1.165) is 12.5 Å². The molecule has 1 aromatic heterocycles. The molecule has 1 aromatic rings. The van der Waals surface area contributed by atoms with Crippen molar-refractivity contribution >= 4 is 5.97 Å². The Kier molecular flexibility index (Phi) is 2.43. The van der Waals surface area contributed by atoms with Crippen molar-refractivity contribution in [2.75, 3.05) is 6.54 Å². The van der Waals surface area contributed by atoms with Crippen molar-refractivity contribution < 1.29 is 14.4 Å². The number of hydrogen-bond donors (Lipinski definition) is 2. The molecule has 0 aliphatic heterocycles. The zero-order valence-electron chi connectivity index (χ0n) is 9.61. The Balaban J connectivity index is 1.48. The Morgan fingerprint density at radius 3 is 2.88 bits per heavy atom. The average Bonchev–Trinajstić information content (AvgIpc) is 3.17. The van der Waals surface area contributed by atoms with Gasteiger partial charge in [0.25, 0.3) is 0 Å². The van der Waals surface area contributed by atoms with Gasteiger partial charge in [-0.25, -0.2) is 4.79 Å². The van der Waals surface area contributed by atoms with Crippen LogP contribution in [0, 0.1) is 11.3 Å². The average molecular weight is 236 g/mol. The summed E-state index contributed by atoms with van der Waals surface area (Å²) in [6.45, 7) is 1.58. The zero-order chi connectivity index (χ0) is 11.9. The number of aromatic nitrogens is 1. The summed E-state index contributed by atoms with van der Waals surface area (Å²) in [7, 11) is 0. The highest BCUT2D eigenvalue weighted by Crippen LogP contribution is 2.60. The van der Waals surface area contributed by atoms with Crippen LogP contribution in [0.5, 0.6) is 0 Å². The van der Waals surface area contributed by atoms with Crippen LogP contribution in [0.1, 0.15) is 41.9 Å². The number of carbonyl (C=O) groups is 1. The summed E-state index contributed by atoms with van der Waals surface area (Å²) in [4.78, 5) is 10.6. The summed E-state index contributed by atoms with van der Waals surface area (Å²) in [5, 5.41) is 15.5. The van der Waals surface area contributed by atoms with Crippen LogP contribution < -0.4 is 5.32 Å². The van der Waals surface area contributed by atoms with Gasteiger partial charge in [-0.15, -0.1) is 0 Å². The molecule has 0 bridgehead atoms. The molecule has 0 unspecified atom stereocenters. The number of rotatable bonds is 6. The fourth-order valence-electron chi connectivity index (χ4n) is 2.52. The molecule has 0 spiro atoms. The van der Waals surface area contributed by atoms with E-state index in [4.69, 9.17) is 9.63 Å². The first kappa shape index (κ1) is 10.8. The molecule has 2 N–H and O–H groups in total. The fraction of sp³-hybridized carbons (Fsp3) is 0.667. The molecular formula is C12H16N2O3. The first-order valence-electron chi connectivity index (χ1n) is 6.09. The van der Waals surface area contributed by atoms with Crippen LogP contribution >= 0.6 is 0 Å². The van der Waals surface area contributed by atoms with Crippen molar-refractivity contribution in [1.29, 1.82) is 0 Å². The highest BCUT2D eigenvalue weighted by molar-refractivity contribution is 5.85. The van der Waals surface area contributed by atoms with Crippen molar-refractivity contribution in [3.8, 4) is 0 Å². The van der Waals surface area contributed by atoms with Crippen LogP contribution in [0.15, 0.2) is 10.6 Å². The zero-order valence-corrected chi connectivity index (χ0v) is 9.61. The summed E-state index contributed by atoms with van der Waals surface area (Å²) in [5.74, 6) is 0.477. The lowest BCUT2D eigenvalue weighted by Crippen LogP contribution is -2.24. The quantitative estimate of drug-likeness (QED) is 0.785. The largest absolute Gasteiger partial charge is 0.476 e. The van der Waals surface area contributed by atoms with Gasteiger partial charge in [0.05, 0.1) is 6.54 Å². The van der Waals surface area contributed by atoms with Crippen molar-refractivity contribution in [2.24, 2.45) is 11.3 Å². The molecule has 5 heteroatoms. The Morgan fingerprint density at radius 2 is 2.35 bits per heavy atom. The van der Waals surface area contributed by atoms with Crippen molar-refractivity contribution in [1.82, 2.24) is 10.5 Å². The summed E-state index contributed by atoms with van der Waals surface area (Å²) < 4.78 is 4.94. The van der Waals surface area contributed by atoms with Gasteiger partial charge in [-0.1, -0.05) is 5.16 Å². The maximum atomic E-state index is 10.6. The molecule has 1 heterocycles. The molecule has 3 rings (SSSR count). The van der Waals surface area contributed by atoms with Gasteiger partial charge in [0.15, 0.2) is 11.5 Å². The smallest absolute Gasteiger partial charge is 0.358 e.